The van der Waals surface area contributed by atoms with E-state index in [1.807, 2.05) is 30.0 Å². The van der Waals surface area contributed by atoms with E-state index in [1.54, 1.807) is 0 Å². The summed E-state index contributed by atoms with van der Waals surface area (Å²) in [7, 11) is 0. The molecule has 0 aliphatic carbocycles. The van der Waals surface area contributed by atoms with Crippen LogP contribution in [0.15, 0.2) is 22.8 Å². The molecule has 0 bridgehead atoms. The van der Waals surface area contributed by atoms with E-state index in [-0.39, 0.29) is 0 Å². The maximum Gasteiger partial charge on any atom is 0.161 e. The lowest BCUT2D eigenvalue weighted by atomic mass is 10.1. The van der Waals surface area contributed by atoms with Crippen molar-refractivity contribution in [2.24, 2.45) is 0 Å². The van der Waals surface area contributed by atoms with Gasteiger partial charge in [-0.3, -0.25) is 4.40 Å². The van der Waals surface area contributed by atoms with Crippen LogP contribution >= 0.6 is 27.7 Å². The lowest BCUT2D eigenvalue weighted by Gasteiger charge is -2.06. The molecule has 1 unspecified atom stereocenters. The largest absolute Gasteiger partial charge is 0.273 e. The summed E-state index contributed by atoms with van der Waals surface area (Å²) in [5.41, 5.74) is 0.927. The standard InChI is InChI=1S/C10H10BrN3S/c11-8-2-1-3-9-12-13-10(14(8)9)7-4-5-15-6-7/h1-3,7H,4-6H2. The Morgan fingerprint density at radius 1 is 1.40 bits per heavy atom. The number of nitrogens with zero attached hydrogens (tertiary/aromatic N) is 3. The second kappa shape index (κ2) is 3.79. The van der Waals surface area contributed by atoms with Gasteiger partial charge in [-0.05, 0) is 40.2 Å². The van der Waals surface area contributed by atoms with Crippen molar-refractivity contribution >= 4 is 33.3 Å². The molecule has 2 aromatic heterocycles. The van der Waals surface area contributed by atoms with Gasteiger partial charge in [0.25, 0.3) is 0 Å². The summed E-state index contributed by atoms with van der Waals surface area (Å²) < 4.78 is 3.15. The van der Waals surface area contributed by atoms with E-state index < -0.39 is 0 Å². The van der Waals surface area contributed by atoms with Gasteiger partial charge in [-0.15, -0.1) is 10.2 Å². The fourth-order valence-electron chi connectivity index (χ4n) is 1.93. The molecule has 0 radical (unpaired) electrons. The normalized spacial score (nSPS) is 21.3. The molecular formula is C10H10BrN3S. The minimum atomic E-state index is 0.559. The van der Waals surface area contributed by atoms with Crippen molar-refractivity contribution in [3.8, 4) is 0 Å². The Bertz CT molecular complexity index is 490. The van der Waals surface area contributed by atoms with Gasteiger partial charge in [0, 0.05) is 11.7 Å². The maximum atomic E-state index is 4.31. The summed E-state index contributed by atoms with van der Waals surface area (Å²) in [6, 6.07) is 6.01. The molecule has 0 N–H and O–H groups in total. The molecule has 0 aromatic carbocycles. The highest BCUT2D eigenvalue weighted by molar-refractivity contribution is 9.10. The molecule has 78 valence electrons. The van der Waals surface area contributed by atoms with Gasteiger partial charge in [-0.25, -0.2) is 0 Å². The molecule has 1 saturated heterocycles. The first-order valence-corrected chi connectivity index (χ1v) is 6.88. The zero-order valence-electron chi connectivity index (χ0n) is 8.06. The minimum absolute atomic E-state index is 0.559. The van der Waals surface area contributed by atoms with Crippen molar-refractivity contribution in [2.75, 3.05) is 11.5 Å². The molecule has 3 heterocycles. The highest BCUT2D eigenvalue weighted by Gasteiger charge is 2.23. The van der Waals surface area contributed by atoms with E-state index in [9.17, 15) is 0 Å². The Kier molecular flexibility index (Phi) is 2.44. The number of hydrogen-bond acceptors (Lipinski definition) is 3. The van der Waals surface area contributed by atoms with Gasteiger partial charge in [0.15, 0.2) is 5.65 Å². The van der Waals surface area contributed by atoms with Crippen molar-refractivity contribution in [1.29, 1.82) is 0 Å². The van der Waals surface area contributed by atoms with Crippen LogP contribution in [-0.2, 0) is 0 Å². The molecule has 1 atom stereocenters. The van der Waals surface area contributed by atoms with Gasteiger partial charge in [0.05, 0.1) is 4.60 Å². The van der Waals surface area contributed by atoms with Crippen molar-refractivity contribution in [3.05, 3.63) is 28.6 Å². The minimum Gasteiger partial charge on any atom is -0.273 e. The predicted octanol–water partition coefficient (Wildman–Crippen LogP) is 2.71. The fourth-order valence-corrected chi connectivity index (χ4v) is 3.66. The van der Waals surface area contributed by atoms with Crippen molar-refractivity contribution in [3.63, 3.8) is 0 Å². The summed E-state index contributed by atoms with van der Waals surface area (Å²) in [6.45, 7) is 0. The van der Waals surface area contributed by atoms with Gasteiger partial charge in [-0.1, -0.05) is 6.07 Å². The molecule has 0 amide bonds. The lowest BCUT2D eigenvalue weighted by Crippen LogP contribution is -2.03. The smallest absolute Gasteiger partial charge is 0.161 e. The van der Waals surface area contributed by atoms with E-state index in [0.717, 1.165) is 16.1 Å². The SMILES string of the molecule is Brc1cccc2nnc(C3CCSC3)n12. The van der Waals surface area contributed by atoms with Crippen LogP contribution in [0, 0.1) is 0 Å². The fraction of sp³-hybridized carbons (Fsp3) is 0.400. The first-order valence-electron chi connectivity index (χ1n) is 4.93. The topological polar surface area (TPSA) is 30.2 Å². The van der Waals surface area contributed by atoms with Crippen LogP contribution in [0.5, 0.6) is 0 Å². The Morgan fingerprint density at radius 2 is 2.33 bits per heavy atom. The summed E-state index contributed by atoms with van der Waals surface area (Å²) in [4.78, 5) is 0. The molecule has 1 aliphatic rings. The first-order chi connectivity index (χ1) is 7.36. The highest BCUT2D eigenvalue weighted by Crippen LogP contribution is 2.32. The van der Waals surface area contributed by atoms with E-state index >= 15 is 0 Å². The summed E-state index contributed by atoms with van der Waals surface area (Å²) in [6.07, 6.45) is 1.22. The highest BCUT2D eigenvalue weighted by atomic mass is 79.9. The van der Waals surface area contributed by atoms with Gasteiger partial charge in [0.1, 0.15) is 5.82 Å². The molecule has 3 rings (SSSR count). The number of fused-ring (bicyclic) bond motifs is 1. The molecule has 0 saturated carbocycles. The van der Waals surface area contributed by atoms with Gasteiger partial charge >= 0.3 is 0 Å². The van der Waals surface area contributed by atoms with Gasteiger partial charge < -0.3 is 0 Å². The number of halogens is 1. The average Bonchev–Trinajstić information content (AvgIpc) is 2.85. The molecule has 2 aromatic rings. The second-order valence-electron chi connectivity index (χ2n) is 3.66. The maximum absolute atomic E-state index is 4.31. The number of aromatic nitrogens is 3. The molecule has 3 nitrogen and oxygen atoms in total. The first kappa shape index (κ1) is 9.66. The quantitative estimate of drug-likeness (QED) is 0.754. The number of pyridine rings is 1. The number of hydrogen-bond donors (Lipinski definition) is 0. The van der Waals surface area contributed by atoms with E-state index in [2.05, 4.69) is 30.5 Å². The van der Waals surface area contributed by atoms with Crippen molar-refractivity contribution in [1.82, 2.24) is 14.6 Å². The third-order valence-corrected chi connectivity index (χ3v) is 4.48. The Hall–Kier alpha value is -0.550. The number of thioether (sulfide) groups is 1. The van der Waals surface area contributed by atoms with Crippen molar-refractivity contribution in [2.45, 2.75) is 12.3 Å². The number of rotatable bonds is 1. The Labute approximate surface area is 100 Å². The molecular weight excluding hydrogens is 274 g/mol. The molecule has 5 heteroatoms. The monoisotopic (exact) mass is 283 g/mol. The van der Waals surface area contributed by atoms with Crippen LogP contribution in [0.4, 0.5) is 0 Å². The van der Waals surface area contributed by atoms with Crippen LogP contribution in [0.1, 0.15) is 18.2 Å². The average molecular weight is 284 g/mol. The van der Waals surface area contributed by atoms with E-state index in [0.29, 0.717) is 5.92 Å². The predicted molar refractivity (Wildman–Crippen MR) is 65.4 cm³/mol. The molecule has 1 aliphatic heterocycles. The third-order valence-electron chi connectivity index (χ3n) is 2.70. The van der Waals surface area contributed by atoms with Crippen LogP contribution < -0.4 is 0 Å². The van der Waals surface area contributed by atoms with Gasteiger partial charge in [0.2, 0.25) is 0 Å². The van der Waals surface area contributed by atoms with Gasteiger partial charge in [-0.2, -0.15) is 11.8 Å². The second-order valence-corrected chi connectivity index (χ2v) is 5.62. The molecule has 15 heavy (non-hydrogen) atoms. The van der Waals surface area contributed by atoms with Crippen LogP contribution in [0.25, 0.3) is 5.65 Å². The van der Waals surface area contributed by atoms with Crippen LogP contribution in [0.2, 0.25) is 0 Å². The van der Waals surface area contributed by atoms with Crippen LogP contribution in [0.3, 0.4) is 0 Å². The zero-order valence-corrected chi connectivity index (χ0v) is 10.5. The van der Waals surface area contributed by atoms with Crippen molar-refractivity contribution < 1.29 is 0 Å². The summed E-state index contributed by atoms with van der Waals surface area (Å²) in [5, 5.41) is 8.51. The zero-order chi connectivity index (χ0) is 10.3. The third kappa shape index (κ3) is 1.58. The summed E-state index contributed by atoms with van der Waals surface area (Å²) >= 11 is 5.55. The van der Waals surface area contributed by atoms with E-state index in [1.165, 1.54) is 17.9 Å². The Balaban J connectivity index is 2.18. The molecule has 1 fully saturated rings. The Morgan fingerprint density at radius 3 is 3.13 bits per heavy atom. The molecule has 0 spiro atoms. The van der Waals surface area contributed by atoms with Crippen LogP contribution in [-0.4, -0.2) is 26.1 Å². The summed E-state index contributed by atoms with van der Waals surface area (Å²) in [5.74, 6) is 4.07. The van der Waals surface area contributed by atoms with E-state index in [4.69, 9.17) is 0 Å². The lowest BCUT2D eigenvalue weighted by molar-refractivity contribution is 0.702.